The van der Waals surface area contributed by atoms with Crippen molar-refractivity contribution in [2.24, 2.45) is 0 Å². The van der Waals surface area contributed by atoms with Crippen LogP contribution in [0, 0.1) is 11.3 Å². The van der Waals surface area contributed by atoms with Gasteiger partial charge in [0.1, 0.15) is 0 Å². The summed E-state index contributed by atoms with van der Waals surface area (Å²) in [5.74, 6) is 0.937. The predicted octanol–water partition coefficient (Wildman–Crippen LogP) is 2.10. The van der Waals surface area contributed by atoms with Crippen molar-refractivity contribution in [3.63, 3.8) is 0 Å². The van der Waals surface area contributed by atoms with Gasteiger partial charge in [0.2, 0.25) is 0 Å². The summed E-state index contributed by atoms with van der Waals surface area (Å²) in [5.41, 5.74) is 1.23. The summed E-state index contributed by atoms with van der Waals surface area (Å²) in [5, 5.41) is 21.9. The van der Waals surface area contributed by atoms with Crippen LogP contribution in [0.15, 0.2) is 46.2 Å². The molecule has 0 aliphatic carbocycles. The quantitative estimate of drug-likeness (QED) is 0.622. The lowest BCUT2D eigenvalue weighted by atomic mass is 10.2. The minimum absolute atomic E-state index is 0.0962. The molecule has 7 nitrogen and oxygen atoms in total. The summed E-state index contributed by atoms with van der Waals surface area (Å²) in [7, 11) is 0. The van der Waals surface area contributed by atoms with Gasteiger partial charge in [0.25, 0.3) is 17.7 Å². The van der Waals surface area contributed by atoms with E-state index < -0.39 is 0 Å². The van der Waals surface area contributed by atoms with E-state index in [0.717, 1.165) is 22.7 Å². The molecule has 0 radical (unpaired) electrons. The Morgan fingerprint density at radius 1 is 1.30 bits per heavy atom. The maximum Gasteiger partial charge on any atom is 0.279 e. The molecule has 8 heteroatoms. The Balaban J connectivity index is 1.59. The van der Waals surface area contributed by atoms with Gasteiger partial charge in [0.05, 0.1) is 23.1 Å². The van der Waals surface area contributed by atoms with Crippen LogP contribution in [0.1, 0.15) is 24.8 Å². The second kappa shape index (κ2) is 9.07. The standard InChI is InChI=1S/C19H19N5O2S/c1-2-9-24(12-17(25)21-15-7-5-14(11-20)6-8-15)13-18-22-23-19(26-18)16-4-3-10-27-16/h3-8,10H,2,9,12-13H2,1H3,(H,21,25)/p+1. The maximum absolute atomic E-state index is 12.4. The van der Waals surface area contributed by atoms with E-state index in [0.29, 0.717) is 36.1 Å². The average molecular weight is 382 g/mol. The number of thiophene rings is 1. The number of nitrogens with one attached hydrogen (secondary N) is 2. The van der Waals surface area contributed by atoms with Gasteiger partial charge in [-0.15, -0.1) is 21.5 Å². The highest BCUT2D eigenvalue weighted by molar-refractivity contribution is 7.13. The molecular weight excluding hydrogens is 362 g/mol. The lowest BCUT2D eigenvalue weighted by molar-refractivity contribution is -0.907. The van der Waals surface area contributed by atoms with Crippen LogP contribution in [0.4, 0.5) is 5.69 Å². The third-order valence-electron chi connectivity index (χ3n) is 3.91. The number of quaternary nitrogens is 1. The zero-order valence-electron chi connectivity index (χ0n) is 14.9. The fourth-order valence-corrected chi connectivity index (χ4v) is 3.34. The van der Waals surface area contributed by atoms with Gasteiger partial charge in [-0.2, -0.15) is 5.26 Å². The first-order chi connectivity index (χ1) is 13.2. The molecule has 0 aliphatic heterocycles. The van der Waals surface area contributed by atoms with Crippen LogP contribution in [0.3, 0.4) is 0 Å². The monoisotopic (exact) mass is 382 g/mol. The second-order valence-electron chi connectivity index (χ2n) is 6.07. The number of anilines is 1. The SMILES string of the molecule is CCC[NH+](CC(=O)Nc1ccc(C#N)cc1)Cc1nnc(-c2cccs2)o1. The molecule has 0 saturated carbocycles. The second-order valence-corrected chi connectivity index (χ2v) is 7.02. The van der Waals surface area contributed by atoms with Gasteiger partial charge >= 0.3 is 0 Å². The first-order valence-corrected chi connectivity index (χ1v) is 9.55. The maximum atomic E-state index is 12.4. The van der Waals surface area contributed by atoms with Crippen LogP contribution in [0.25, 0.3) is 10.8 Å². The fraction of sp³-hybridized carbons (Fsp3) is 0.263. The number of nitriles is 1. The van der Waals surface area contributed by atoms with E-state index in [-0.39, 0.29) is 5.91 Å². The Morgan fingerprint density at radius 3 is 2.78 bits per heavy atom. The highest BCUT2D eigenvalue weighted by atomic mass is 32.1. The lowest BCUT2D eigenvalue weighted by Crippen LogP contribution is -3.11. The normalized spacial score (nSPS) is 11.7. The average Bonchev–Trinajstić information content (AvgIpc) is 3.34. The molecule has 2 aromatic heterocycles. The number of nitrogens with zero attached hydrogens (tertiary/aromatic N) is 3. The van der Waals surface area contributed by atoms with Crippen LogP contribution in [-0.2, 0) is 11.3 Å². The Labute approximate surface area is 161 Å². The lowest BCUT2D eigenvalue weighted by Gasteiger charge is -2.16. The number of amides is 1. The van der Waals surface area contributed by atoms with E-state index in [1.807, 2.05) is 17.5 Å². The molecule has 138 valence electrons. The minimum Gasteiger partial charge on any atom is -0.414 e. The van der Waals surface area contributed by atoms with E-state index in [2.05, 4.69) is 28.5 Å². The van der Waals surface area contributed by atoms with Crippen molar-refractivity contribution in [3.05, 3.63) is 53.2 Å². The van der Waals surface area contributed by atoms with Crippen LogP contribution in [-0.4, -0.2) is 29.2 Å². The summed E-state index contributed by atoms with van der Waals surface area (Å²) in [6.07, 6.45) is 0.936. The molecule has 3 rings (SSSR count). The first-order valence-electron chi connectivity index (χ1n) is 8.67. The summed E-state index contributed by atoms with van der Waals surface area (Å²) >= 11 is 1.55. The molecule has 0 bridgehead atoms. The van der Waals surface area contributed by atoms with Gasteiger partial charge in [-0.1, -0.05) is 13.0 Å². The Bertz CT molecular complexity index is 912. The van der Waals surface area contributed by atoms with Gasteiger partial charge < -0.3 is 14.6 Å². The van der Waals surface area contributed by atoms with Crippen molar-refractivity contribution in [2.75, 3.05) is 18.4 Å². The Kier molecular flexibility index (Phi) is 6.30. The third kappa shape index (κ3) is 5.23. The zero-order valence-corrected chi connectivity index (χ0v) is 15.8. The van der Waals surface area contributed by atoms with Crippen molar-refractivity contribution in [3.8, 4) is 16.8 Å². The van der Waals surface area contributed by atoms with Crippen LogP contribution in [0.2, 0.25) is 0 Å². The predicted molar refractivity (Wildman–Crippen MR) is 102 cm³/mol. The van der Waals surface area contributed by atoms with E-state index >= 15 is 0 Å². The van der Waals surface area contributed by atoms with Gasteiger partial charge in [0, 0.05) is 5.69 Å². The summed E-state index contributed by atoms with van der Waals surface area (Å²) < 4.78 is 5.74. The van der Waals surface area contributed by atoms with Crippen LogP contribution < -0.4 is 10.2 Å². The van der Waals surface area contributed by atoms with Crippen molar-refractivity contribution in [1.82, 2.24) is 10.2 Å². The molecule has 1 unspecified atom stereocenters. The number of aromatic nitrogens is 2. The molecule has 2 N–H and O–H groups in total. The van der Waals surface area contributed by atoms with Gasteiger partial charge in [-0.3, -0.25) is 4.79 Å². The highest BCUT2D eigenvalue weighted by Gasteiger charge is 2.19. The summed E-state index contributed by atoms with van der Waals surface area (Å²) in [6.45, 7) is 3.68. The zero-order chi connectivity index (χ0) is 19.1. The van der Waals surface area contributed by atoms with Crippen LogP contribution in [0.5, 0.6) is 0 Å². The van der Waals surface area contributed by atoms with Gasteiger partial charge in [-0.05, 0) is 42.1 Å². The molecular formula is C19H20N5O2S+. The fourth-order valence-electron chi connectivity index (χ4n) is 2.69. The topological polar surface area (TPSA) is 96.2 Å². The molecule has 27 heavy (non-hydrogen) atoms. The molecule has 1 atom stereocenters. The number of carbonyl (C=O) groups is 1. The Morgan fingerprint density at radius 2 is 2.11 bits per heavy atom. The van der Waals surface area contributed by atoms with E-state index in [4.69, 9.17) is 9.68 Å². The molecule has 3 aromatic rings. The number of hydrogen-bond donors (Lipinski definition) is 2. The molecule has 0 fully saturated rings. The summed E-state index contributed by atoms with van der Waals surface area (Å²) in [6, 6.07) is 12.7. The van der Waals surface area contributed by atoms with Crippen molar-refractivity contribution in [1.29, 1.82) is 5.26 Å². The van der Waals surface area contributed by atoms with Crippen LogP contribution >= 0.6 is 11.3 Å². The molecule has 2 heterocycles. The summed E-state index contributed by atoms with van der Waals surface area (Å²) in [4.78, 5) is 14.4. The molecule has 0 saturated heterocycles. The van der Waals surface area contributed by atoms with Gasteiger partial charge in [-0.25, -0.2) is 0 Å². The largest absolute Gasteiger partial charge is 0.414 e. The Hall–Kier alpha value is -3.02. The van der Waals surface area contributed by atoms with Crippen molar-refractivity contribution < 1.29 is 14.1 Å². The van der Waals surface area contributed by atoms with E-state index in [1.54, 1.807) is 35.6 Å². The van der Waals surface area contributed by atoms with Gasteiger partial charge in [0.15, 0.2) is 13.1 Å². The van der Waals surface area contributed by atoms with E-state index in [9.17, 15) is 4.79 Å². The van der Waals surface area contributed by atoms with E-state index in [1.165, 1.54) is 0 Å². The van der Waals surface area contributed by atoms with Crippen molar-refractivity contribution >= 4 is 22.9 Å². The molecule has 1 aromatic carbocycles. The van der Waals surface area contributed by atoms with Crippen molar-refractivity contribution in [2.45, 2.75) is 19.9 Å². The molecule has 0 aliphatic rings. The molecule has 1 amide bonds. The number of benzene rings is 1. The highest BCUT2D eigenvalue weighted by Crippen LogP contribution is 2.22. The molecule has 0 spiro atoms. The minimum atomic E-state index is -0.0962. The number of hydrogen-bond acceptors (Lipinski definition) is 6. The number of rotatable bonds is 8. The first kappa shape index (κ1) is 18.8. The smallest absolute Gasteiger partial charge is 0.279 e. The number of carbonyl (C=O) groups excluding carboxylic acids is 1. The third-order valence-corrected chi connectivity index (χ3v) is 4.77.